The second kappa shape index (κ2) is 6.72. The van der Waals surface area contributed by atoms with Gasteiger partial charge in [0.1, 0.15) is 18.1 Å². The zero-order valence-corrected chi connectivity index (χ0v) is 13.4. The number of ether oxygens (including phenoxy) is 1. The molecule has 1 aromatic carbocycles. The molecule has 0 radical (unpaired) electrons. The standard InChI is InChI=1S/C17H13ClN2O4/c1-10-14(9-23-15-6-5-12(8-19-15)17(21)22)16(20-24-10)11-3-2-4-13(18)7-11/h2-8H,9H2,1H3,(H,21,22). The molecule has 0 unspecified atom stereocenters. The molecule has 0 saturated carbocycles. The predicted molar refractivity (Wildman–Crippen MR) is 87.2 cm³/mol. The summed E-state index contributed by atoms with van der Waals surface area (Å²) in [5.74, 6) is -0.0862. The van der Waals surface area contributed by atoms with Gasteiger partial charge in [-0.15, -0.1) is 0 Å². The van der Waals surface area contributed by atoms with Crippen LogP contribution in [-0.2, 0) is 6.61 Å². The number of carbonyl (C=O) groups is 1. The molecule has 0 aliphatic heterocycles. The summed E-state index contributed by atoms with van der Waals surface area (Å²) < 4.78 is 10.9. The lowest BCUT2D eigenvalue weighted by molar-refractivity contribution is 0.0696. The topological polar surface area (TPSA) is 85.5 Å². The van der Waals surface area contributed by atoms with Crippen molar-refractivity contribution in [2.45, 2.75) is 13.5 Å². The van der Waals surface area contributed by atoms with E-state index in [2.05, 4.69) is 10.1 Å². The Bertz CT molecular complexity index is 875. The minimum atomic E-state index is -1.04. The molecule has 3 aromatic rings. The molecule has 7 heteroatoms. The van der Waals surface area contributed by atoms with Gasteiger partial charge in [0.15, 0.2) is 0 Å². The number of aryl methyl sites for hydroxylation is 1. The van der Waals surface area contributed by atoms with Crippen LogP contribution in [0.5, 0.6) is 5.88 Å². The van der Waals surface area contributed by atoms with Gasteiger partial charge in [0.05, 0.1) is 11.1 Å². The number of carboxylic acids is 1. The zero-order valence-electron chi connectivity index (χ0n) is 12.7. The van der Waals surface area contributed by atoms with E-state index in [0.717, 1.165) is 11.1 Å². The predicted octanol–water partition coefficient (Wildman–Crippen LogP) is 3.98. The molecule has 0 fully saturated rings. The van der Waals surface area contributed by atoms with Crippen LogP contribution in [0.2, 0.25) is 5.02 Å². The highest BCUT2D eigenvalue weighted by atomic mass is 35.5. The second-order valence-electron chi connectivity index (χ2n) is 5.06. The van der Waals surface area contributed by atoms with E-state index in [-0.39, 0.29) is 12.2 Å². The monoisotopic (exact) mass is 344 g/mol. The number of aromatic nitrogens is 2. The van der Waals surface area contributed by atoms with Crippen molar-refractivity contribution in [1.29, 1.82) is 0 Å². The average molecular weight is 345 g/mol. The molecule has 24 heavy (non-hydrogen) atoms. The maximum Gasteiger partial charge on any atom is 0.337 e. The van der Waals surface area contributed by atoms with Crippen LogP contribution < -0.4 is 4.74 Å². The van der Waals surface area contributed by atoms with E-state index in [0.29, 0.717) is 22.4 Å². The molecule has 122 valence electrons. The maximum absolute atomic E-state index is 10.8. The number of hydrogen-bond acceptors (Lipinski definition) is 5. The SMILES string of the molecule is Cc1onc(-c2cccc(Cl)c2)c1COc1ccc(C(=O)O)cn1. The Balaban J connectivity index is 1.80. The van der Waals surface area contributed by atoms with Crippen LogP contribution in [-0.4, -0.2) is 21.2 Å². The van der Waals surface area contributed by atoms with Crippen molar-refractivity contribution >= 4 is 17.6 Å². The van der Waals surface area contributed by atoms with Gasteiger partial charge in [-0.05, 0) is 25.1 Å². The average Bonchev–Trinajstić information content (AvgIpc) is 2.94. The first kappa shape index (κ1) is 16.0. The summed E-state index contributed by atoms with van der Waals surface area (Å²) in [6.45, 7) is 1.98. The molecular weight excluding hydrogens is 332 g/mol. The number of hydrogen-bond donors (Lipinski definition) is 1. The Morgan fingerprint density at radius 3 is 2.83 bits per heavy atom. The van der Waals surface area contributed by atoms with E-state index >= 15 is 0 Å². The third-order valence-corrected chi connectivity index (χ3v) is 3.67. The lowest BCUT2D eigenvalue weighted by Crippen LogP contribution is -2.01. The number of benzene rings is 1. The Morgan fingerprint density at radius 1 is 1.33 bits per heavy atom. The molecule has 0 spiro atoms. The summed E-state index contributed by atoms with van der Waals surface area (Å²) in [5, 5.41) is 13.5. The Kier molecular flexibility index (Phi) is 4.48. The van der Waals surface area contributed by atoms with Gasteiger partial charge in [0.25, 0.3) is 0 Å². The molecule has 0 aliphatic rings. The molecule has 2 aromatic heterocycles. The molecule has 2 heterocycles. The summed E-state index contributed by atoms with van der Waals surface area (Å²) >= 11 is 6.02. The first-order valence-electron chi connectivity index (χ1n) is 7.08. The van der Waals surface area contributed by atoms with E-state index in [4.69, 9.17) is 26.0 Å². The van der Waals surface area contributed by atoms with Crippen molar-refractivity contribution in [2.75, 3.05) is 0 Å². The largest absolute Gasteiger partial charge is 0.478 e. The summed E-state index contributed by atoms with van der Waals surface area (Å²) in [4.78, 5) is 14.8. The number of halogens is 1. The van der Waals surface area contributed by atoms with E-state index in [9.17, 15) is 4.79 Å². The third kappa shape index (κ3) is 3.38. The highest BCUT2D eigenvalue weighted by molar-refractivity contribution is 6.30. The highest BCUT2D eigenvalue weighted by Gasteiger charge is 2.16. The maximum atomic E-state index is 10.8. The van der Waals surface area contributed by atoms with Gasteiger partial charge in [-0.25, -0.2) is 9.78 Å². The van der Waals surface area contributed by atoms with Gasteiger partial charge in [-0.2, -0.15) is 0 Å². The van der Waals surface area contributed by atoms with Crippen LogP contribution in [0.15, 0.2) is 47.1 Å². The second-order valence-corrected chi connectivity index (χ2v) is 5.49. The Hall–Kier alpha value is -2.86. The van der Waals surface area contributed by atoms with Crippen LogP contribution in [0.25, 0.3) is 11.3 Å². The van der Waals surface area contributed by atoms with E-state index < -0.39 is 5.97 Å². The molecular formula is C17H13ClN2O4. The van der Waals surface area contributed by atoms with Crippen molar-refractivity contribution < 1.29 is 19.2 Å². The first-order valence-corrected chi connectivity index (χ1v) is 7.45. The van der Waals surface area contributed by atoms with Gasteiger partial charge in [-0.1, -0.05) is 28.9 Å². The minimum Gasteiger partial charge on any atom is -0.478 e. The molecule has 3 rings (SSSR count). The van der Waals surface area contributed by atoms with Crippen molar-refractivity contribution in [3.05, 3.63) is 64.5 Å². The number of rotatable bonds is 5. The van der Waals surface area contributed by atoms with Gasteiger partial charge in [0.2, 0.25) is 5.88 Å². The molecule has 0 amide bonds. The molecule has 1 N–H and O–H groups in total. The summed E-state index contributed by atoms with van der Waals surface area (Å²) in [6.07, 6.45) is 1.25. The molecule has 0 bridgehead atoms. The van der Waals surface area contributed by atoms with Gasteiger partial charge >= 0.3 is 5.97 Å². The number of nitrogens with zero attached hydrogens (tertiary/aromatic N) is 2. The van der Waals surface area contributed by atoms with Crippen LogP contribution >= 0.6 is 11.6 Å². The molecule has 0 aliphatic carbocycles. The quantitative estimate of drug-likeness (QED) is 0.753. The Labute approximate surface area is 142 Å². The number of pyridine rings is 1. The van der Waals surface area contributed by atoms with Crippen LogP contribution in [0, 0.1) is 6.92 Å². The lowest BCUT2D eigenvalue weighted by atomic mass is 10.1. The van der Waals surface area contributed by atoms with Gasteiger partial charge < -0.3 is 14.4 Å². The first-order chi connectivity index (χ1) is 11.5. The molecule has 0 atom stereocenters. The molecule has 6 nitrogen and oxygen atoms in total. The van der Waals surface area contributed by atoms with Crippen molar-refractivity contribution in [2.24, 2.45) is 0 Å². The summed E-state index contributed by atoms with van der Waals surface area (Å²) in [7, 11) is 0. The van der Waals surface area contributed by atoms with Crippen molar-refractivity contribution in [3.63, 3.8) is 0 Å². The van der Waals surface area contributed by atoms with Crippen LogP contribution in [0.4, 0.5) is 0 Å². The van der Waals surface area contributed by atoms with Crippen molar-refractivity contribution in [1.82, 2.24) is 10.1 Å². The normalized spacial score (nSPS) is 10.6. The molecule has 0 saturated heterocycles. The number of carboxylic acid groups (broad SMARTS) is 1. The minimum absolute atomic E-state index is 0.100. The zero-order chi connectivity index (χ0) is 17.1. The fourth-order valence-electron chi connectivity index (χ4n) is 2.16. The lowest BCUT2D eigenvalue weighted by Gasteiger charge is -2.06. The van der Waals surface area contributed by atoms with E-state index in [1.807, 2.05) is 12.1 Å². The van der Waals surface area contributed by atoms with E-state index in [1.165, 1.54) is 18.3 Å². The summed E-state index contributed by atoms with van der Waals surface area (Å²) in [5.41, 5.74) is 2.36. The van der Waals surface area contributed by atoms with E-state index in [1.54, 1.807) is 19.1 Å². The third-order valence-electron chi connectivity index (χ3n) is 3.43. The smallest absolute Gasteiger partial charge is 0.337 e. The van der Waals surface area contributed by atoms with Gasteiger partial charge in [-0.3, -0.25) is 0 Å². The highest BCUT2D eigenvalue weighted by Crippen LogP contribution is 2.28. The Morgan fingerprint density at radius 2 is 2.17 bits per heavy atom. The van der Waals surface area contributed by atoms with Crippen molar-refractivity contribution in [3.8, 4) is 17.1 Å². The van der Waals surface area contributed by atoms with Crippen LogP contribution in [0.3, 0.4) is 0 Å². The summed E-state index contributed by atoms with van der Waals surface area (Å²) in [6, 6.07) is 10.2. The van der Waals surface area contributed by atoms with Crippen LogP contribution in [0.1, 0.15) is 21.7 Å². The fourth-order valence-corrected chi connectivity index (χ4v) is 2.35. The van der Waals surface area contributed by atoms with Gasteiger partial charge in [0, 0.05) is 22.8 Å². The number of aromatic carboxylic acids is 1. The fraction of sp³-hybridized carbons (Fsp3) is 0.118.